The first-order valence-corrected chi connectivity index (χ1v) is 20.5. The van der Waals surface area contributed by atoms with Crippen LogP contribution in [-0.4, -0.2) is 16.6 Å². The number of benzene rings is 1. The normalized spacial score (nSPS) is 19.4. The number of allylic oxidation sites excluding steroid dienone is 3. The summed E-state index contributed by atoms with van der Waals surface area (Å²) in [5.41, 5.74) is 5.59. The van der Waals surface area contributed by atoms with E-state index >= 15 is 0 Å². The van der Waals surface area contributed by atoms with E-state index in [9.17, 15) is 0 Å². The maximum Gasteiger partial charge on any atom is 0.250 e. The third kappa shape index (κ3) is 7.88. The van der Waals surface area contributed by atoms with Crippen LogP contribution in [0.1, 0.15) is 111 Å². The molecule has 1 aliphatic rings. The smallest absolute Gasteiger partial charge is 0.250 e. The molecule has 0 amide bonds. The van der Waals surface area contributed by atoms with Gasteiger partial charge in [-0.25, -0.2) is 0 Å². The van der Waals surface area contributed by atoms with E-state index in [0.717, 1.165) is 24.3 Å². The lowest BCUT2D eigenvalue weighted by atomic mass is 9.72. The molecule has 1 aliphatic carbocycles. The first-order chi connectivity index (χ1) is 16.8. The van der Waals surface area contributed by atoms with Gasteiger partial charge in [0, 0.05) is 17.5 Å². The van der Waals surface area contributed by atoms with Crippen molar-refractivity contribution < 1.29 is 8.85 Å². The van der Waals surface area contributed by atoms with Crippen LogP contribution in [0, 0.1) is 5.92 Å². The van der Waals surface area contributed by atoms with E-state index in [2.05, 4.69) is 113 Å². The average molecular weight is 543 g/mol. The third-order valence-corrected chi connectivity index (χ3v) is 18.0. The van der Waals surface area contributed by atoms with Gasteiger partial charge in [-0.3, -0.25) is 0 Å². The second-order valence-corrected chi connectivity index (χ2v) is 24.2. The summed E-state index contributed by atoms with van der Waals surface area (Å²) in [6, 6.07) is 4.63. The van der Waals surface area contributed by atoms with Crippen molar-refractivity contribution in [3.05, 3.63) is 47.1 Å². The fourth-order valence-electron chi connectivity index (χ4n) is 4.73. The standard InChI is InChI=1S/C33H58O2Si2/c1-15-16-17-18-26-22-27(34-36(11,12)32(5,6)7)23-30(35-37(13,14)33(8,9)10)31(26)29-21-25(4)19-20-28(29)24(2)3/h21-23,28-29H,2,15-20H2,1,3-14H3/t28-,29+/m0/s1. The molecule has 0 heterocycles. The first kappa shape index (κ1) is 31.9. The van der Waals surface area contributed by atoms with Gasteiger partial charge in [0.2, 0.25) is 16.6 Å². The number of aryl methyl sites for hydroxylation is 1. The molecule has 0 unspecified atom stereocenters. The molecule has 37 heavy (non-hydrogen) atoms. The Labute approximate surface area is 232 Å². The van der Waals surface area contributed by atoms with Crippen molar-refractivity contribution >= 4 is 16.6 Å². The summed E-state index contributed by atoms with van der Waals surface area (Å²) < 4.78 is 14.2. The molecule has 0 radical (unpaired) electrons. The Morgan fingerprint density at radius 1 is 0.946 bits per heavy atom. The third-order valence-electron chi connectivity index (χ3n) is 9.31. The second-order valence-electron chi connectivity index (χ2n) is 14.7. The molecule has 0 saturated heterocycles. The van der Waals surface area contributed by atoms with E-state index in [1.54, 1.807) is 0 Å². The number of hydrogen-bond acceptors (Lipinski definition) is 2. The van der Waals surface area contributed by atoms with Gasteiger partial charge in [-0.05, 0) is 93.3 Å². The molecule has 4 heteroatoms. The van der Waals surface area contributed by atoms with Crippen molar-refractivity contribution in [2.45, 2.75) is 143 Å². The molecule has 0 saturated carbocycles. The van der Waals surface area contributed by atoms with Gasteiger partial charge < -0.3 is 8.85 Å². The molecule has 1 aromatic carbocycles. The molecule has 0 bridgehead atoms. The van der Waals surface area contributed by atoms with Crippen LogP contribution in [0.15, 0.2) is 35.9 Å². The predicted molar refractivity (Wildman–Crippen MR) is 169 cm³/mol. The van der Waals surface area contributed by atoms with Gasteiger partial charge in [-0.15, -0.1) is 0 Å². The van der Waals surface area contributed by atoms with E-state index in [1.807, 2.05) is 0 Å². The van der Waals surface area contributed by atoms with Crippen LogP contribution in [0.5, 0.6) is 11.5 Å². The average Bonchev–Trinajstić information content (AvgIpc) is 2.71. The molecule has 0 spiro atoms. The van der Waals surface area contributed by atoms with Crippen LogP contribution in [0.25, 0.3) is 0 Å². The summed E-state index contributed by atoms with van der Waals surface area (Å²) in [5, 5.41) is 0.262. The van der Waals surface area contributed by atoms with Crippen molar-refractivity contribution in [1.29, 1.82) is 0 Å². The fourth-order valence-corrected chi connectivity index (χ4v) is 6.77. The molecular weight excluding hydrogens is 485 g/mol. The quantitative estimate of drug-likeness (QED) is 0.166. The highest BCUT2D eigenvalue weighted by Gasteiger charge is 2.42. The van der Waals surface area contributed by atoms with Crippen molar-refractivity contribution in [2.24, 2.45) is 5.92 Å². The molecule has 0 aliphatic heterocycles. The minimum Gasteiger partial charge on any atom is -0.543 e. The molecule has 2 rings (SSSR count). The minimum atomic E-state index is -2.07. The summed E-state index contributed by atoms with van der Waals surface area (Å²) in [5.74, 6) is 2.82. The van der Waals surface area contributed by atoms with Gasteiger partial charge in [0.05, 0.1) is 0 Å². The highest BCUT2D eigenvalue weighted by molar-refractivity contribution is 6.75. The van der Waals surface area contributed by atoms with Gasteiger partial charge in [-0.2, -0.15) is 0 Å². The number of rotatable bonds is 10. The SMILES string of the molecule is C=C(C)[C@@H]1CCC(C)=C[C@H]1c1c(CCCCC)cc(O[Si](C)(C)C(C)(C)C)cc1O[Si](C)(C)C(C)(C)C. The Balaban J connectivity index is 2.82. The van der Waals surface area contributed by atoms with E-state index in [1.165, 1.54) is 48.0 Å². The fraction of sp³-hybridized carbons (Fsp3) is 0.697. The summed E-state index contributed by atoms with van der Waals surface area (Å²) in [6.07, 6.45) is 9.57. The van der Waals surface area contributed by atoms with Gasteiger partial charge in [0.1, 0.15) is 11.5 Å². The minimum absolute atomic E-state index is 0.120. The molecule has 210 valence electrons. The van der Waals surface area contributed by atoms with Crippen molar-refractivity contribution in [2.75, 3.05) is 0 Å². The molecule has 0 aromatic heterocycles. The molecule has 1 aromatic rings. The topological polar surface area (TPSA) is 18.5 Å². The van der Waals surface area contributed by atoms with E-state index < -0.39 is 16.6 Å². The van der Waals surface area contributed by atoms with E-state index in [-0.39, 0.29) is 10.1 Å². The number of hydrogen-bond donors (Lipinski definition) is 0. The molecule has 0 N–H and O–H groups in total. The lowest BCUT2D eigenvalue weighted by Crippen LogP contribution is -2.45. The van der Waals surface area contributed by atoms with Crippen molar-refractivity contribution in [3.8, 4) is 11.5 Å². The summed E-state index contributed by atoms with van der Waals surface area (Å²) in [4.78, 5) is 0. The zero-order valence-electron chi connectivity index (χ0n) is 26.7. The summed E-state index contributed by atoms with van der Waals surface area (Å²) >= 11 is 0. The van der Waals surface area contributed by atoms with Crippen LogP contribution in [0.4, 0.5) is 0 Å². The lowest BCUT2D eigenvalue weighted by molar-refractivity contribution is 0.443. The van der Waals surface area contributed by atoms with Crippen LogP contribution in [0.2, 0.25) is 36.3 Å². The lowest BCUT2D eigenvalue weighted by Gasteiger charge is -2.40. The second kappa shape index (κ2) is 11.9. The van der Waals surface area contributed by atoms with Crippen molar-refractivity contribution in [1.82, 2.24) is 0 Å². The van der Waals surface area contributed by atoms with Crippen LogP contribution in [-0.2, 0) is 6.42 Å². The Morgan fingerprint density at radius 2 is 1.51 bits per heavy atom. The number of unbranched alkanes of at least 4 members (excludes halogenated alkanes) is 2. The Hall–Kier alpha value is -1.27. The Morgan fingerprint density at radius 3 is 2.03 bits per heavy atom. The predicted octanol–water partition coefficient (Wildman–Crippen LogP) is 11.2. The monoisotopic (exact) mass is 542 g/mol. The van der Waals surface area contributed by atoms with Crippen LogP contribution >= 0.6 is 0 Å². The zero-order valence-corrected chi connectivity index (χ0v) is 28.7. The van der Waals surface area contributed by atoms with Gasteiger partial charge in [0.15, 0.2) is 0 Å². The summed E-state index contributed by atoms with van der Waals surface area (Å²) in [6.45, 7) is 34.6. The highest BCUT2D eigenvalue weighted by atomic mass is 28.4. The largest absolute Gasteiger partial charge is 0.543 e. The van der Waals surface area contributed by atoms with Crippen LogP contribution < -0.4 is 8.85 Å². The Kier molecular flexibility index (Phi) is 10.2. The van der Waals surface area contributed by atoms with E-state index in [0.29, 0.717) is 11.8 Å². The molecule has 2 atom stereocenters. The first-order valence-electron chi connectivity index (χ1n) is 14.7. The summed E-state index contributed by atoms with van der Waals surface area (Å²) in [7, 11) is -4.07. The molecular formula is C33H58O2Si2. The highest BCUT2D eigenvalue weighted by Crippen LogP contribution is 2.49. The van der Waals surface area contributed by atoms with Gasteiger partial charge in [0.25, 0.3) is 0 Å². The maximum absolute atomic E-state index is 7.22. The maximum atomic E-state index is 7.22. The van der Waals surface area contributed by atoms with Gasteiger partial charge in [-0.1, -0.05) is 85.1 Å². The zero-order chi connectivity index (χ0) is 28.4. The molecule has 0 fully saturated rings. The Bertz CT molecular complexity index is 973. The van der Waals surface area contributed by atoms with Gasteiger partial charge >= 0.3 is 0 Å². The van der Waals surface area contributed by atoms with Crippen LogP contribution in [0.3, 0.4) is 0 Å². The van der Waals surface area contributed by atoms with Crippen molar-refractivity contribution in [3.63, 3.8) is 0 Å². The molecule has 2 nitrogen and oxygen atoms in total. The van der Waals surface area contributed by atoms with E-state index in [4.69, 9.17) is 8.85 Å².